The van der Waals surface area contributed by atoms with Crippen LogP contribution in [-0.4, -0.2) is 59.7 Å². The molecule has 0 radical (unpaired) electrons. The number of piperidine rings is 1. The van der Waals surface area contributed by atoms with Gasteiger partial charge in [0.05, 0.1) is 25.7 Å². The van der Waals surface area contributed by atoms with Crippen molar-refractivity contribution in [1.82, 2.24) is 14.9 Å². The first-order chi connectivity index (χ1) is 13.7. The molecule has 2 fully saturated rings. The van der Waals surface area contributed by atoms with Gasteiger partial charge in [-0.25, -0.2) is 4.98 Å². The fourth-order valence-corrected chi connectivity index (χ4v) is 3.94. The molecule has 0 unspecified atom stereocenters. The summed E-state index contributed by atoms with van der Waals surface area (Å²) in [5.41, 5.74) is 0.773. The smallest absolute Gasteiger partial charge is 0.228 e. The second-order valence-electron chi connectivity index (χ2n) is 7.40. The lowest BCUT2D eigenvalue weighted by atomic mass is 9.87. The number of ether oxygens (including phenoxy) is 2. The van der Waals surface area contributed by atoms with Crippen molar-refractivity contribution in [3.63, 3.8) is 0 Å². The minimum Gasteiger partial charge on any atom is -0.481 e. The van der Waals surface area contributed by atoms with Crippen molar-refractivity contribution >= 4 is 11.9 Å². The van der Waals surface area contributed by atoms with Gasteiger partial charge in [0, 0.05) is 38.4 Å². The molecule has 148 valence electrons. The van der Waals surface area contributed by atoms with Crippen LogP contribution in [0.4, 0.5) is 5.95 Å². The lowest BCUT2D eigenvalue weighted by Gasteiger charge is -2.40. The van der Waals surface area contributed by atoms with E-state index in [1.165, 1.54) is 0 Å². The van der Waals surface area contributed by atoms with Gasteiger partial charge in [-0.05, 0) is 18.4 Å². The molecule has 1 amide bonds. The number of methoxy groups -OCH3 is 1. The first-order valence-corrected chi connectivity index (χ1v) is 9.75. The number of amides is 1. The maximum atomic E-state index is 12.9. The Morgan fingerprint density at radius 3 is 2.68 bits per heavy atom. The molecule has 2 aliphatic heterocycles. The molecule has 2 aromatic rings. The molecule has 4 rings (SSSR count). The first-order valence-electron chi connectivity index (χ1n) is 9.75. The molecule has 0 saturated carbocycles. The summed E-state index contributed by atoms with van der Waals surface area (Å²) in [6.45, 7) is 3.38. The Morgan fingerprint density at radius 2 is 1.93 bits per heavy atom. The fourth-order valence-electron chi connectivity index (χ4n) is 3.94. The van der Waals surface area contributed by atoms with Crippen molar-refractivity contribution in [1.29, 1.82) is 0 Å². The highest BCUT2D eigenvalue weighted by Crippen LogP contribution is 2.33. The molecule has 2 saturated heterocycles. The van der Waals surface area contributed by atoms with E-state index in [1.54, 1.807) is 19.4 Å². The summed E-state index contributed by atoms with van der Waals surface area (Å²) in [5, 5.41) is 0. The van der Waals surface area contributed by atoms with E-state index in [9.17, 15) is 4.79 Å². The molecule has 0 aliphatic carbocycles. The van der Waals surface area contributed by atoms with Crippen LogP contribution in [0.1, 0.15) is 24.8 Å². The molecular weight excluding hydrogens is 356 g/mol. The second-order valence-corrected chi connectivity index (χ2v) is 7.40. The molecule has 1 aromatic carbocycles. The summed E-state index contributed by atoms with van der Waals surface area (Å²) in [6, 6.07) is 11.9. The van der Waals surface area contributed by atoms with E-state index in [1.807, 2.05) is 23.1 Å². The van der Waals surface area contributed by atoms with Crippen LogP contribution >= 0.6 is 0 Å². The van der Waals surface area contributed by atoms with Crippen molar-refractivity contribution in [2.45, 2.75) is 31.4 Å². The molecule has 0 atom stereocenters. The second kappa shape index (κ2) is 8.14. The van der Waals surface area contributed by atoms with Gasteiger partial charge in [-0.1, -0.05) is 30.3 Å². The first kappa shape index (κ1) is 18.7. The van der Waals surface area contributed by atoms with E-state index in [2.05, 4.69) is 27.0 Å². The SMILES string of the molecule is COc1ccnc(N2CCC3(CC2)CC(=O)N(Cc2ccccc2)CCO3)n1. The number of carbonyl (C=O) groups excluding carboxylic acids is 1. The monoisotopic (exact) mass is 382 g/mol. The Bertz CT molecular complexity index is 806. The van der Waals surface area contributed by atoms with E-state index in [4.69, 9.17) is 9.47 Å². The third-order valence-electron chi connectivity index (χ3n) is 5.60. The van der Waals surface area contributed by atoms with Gasteiger partial charge in [0.15, 0.2) is 0 Å². The molecule has 0 bridgehead atoms. The molecule has 7 heteroatoms. The van der Waals surface area contributed by atoms with Crippen LogP contribution < -0.4 is 9.64 Å². The zero-order valence-corrected chi connectivity index (χ0v) is 16.2. The van der Waals surface area contributed by atoms with Crippen LogP contribution in [0, 0.1) is 0 Å². The molecule has 1 spiro atoms. The van der Waals surface area contributed by atoms with Gasteiger partial charge in [-0.15, -0.1) is 0 Å². The maximum Gasteiger partial charge on any atom is 0.228 e. The third kappa shape index (κ3) is 4.09. The molecule has 0 N–H and O–H groups in total. The van der Waals surface area contributed by atoms with Gasteiger partial charge in [0.2, 0.25) is 17.7 Å². The van der Waals surface area contributed by atoms with E-state index >= 15 is 0 Å². The quantitative estimate of drug-likeness (QED) is 0.808. The summed E-state index contributed by atoms with van der Waals surface area (Å²) < 4.78 is 11.4. The highest BCUT2D eigenvalue weighted by Gasteiger charge is 2.41. The average molecular weight is 382 g/mol. The van der Waals surface area contributed by atoms with Crippen molar-refractivity contribution in [3.8, 4) is 5.88 Å². The predicted molar refractivity (Wildman–Crippen MR) is 105 cm³/mol. The summed E-state index contributed by atoms with van der Waals surface area (Å²) in [4.78, 5) is 25.7. The number of benzene rings is 1. The summed E-state index contributed by atoms with van der Waals surface area (Å²) in [7, 11) is 1.60. The standard InChI is InChI=1S/C21H26N4O3/c1-27-18-7-10-22-20(23-18)24-11-8-21(9-12-24)15-19(26)25(13-14-28-21)16-17-5-3-2-4-6-17/h2-7,10H,8-9,11-16H2,1H3. The molecule has 28 heavy (non-hydrogen) atoms. The Balaban J connectivity index is 1.39. The number of hydrogen-bond acceptors (Lipinski definition) is 6. The van der Waals surface area contributed by atoms with Crippen LogP contribution in [0.2, 0.25) is 0 Å². The highest BCUT2D eigenvalue weighted by molar-refractivity contribution is 5.77. The van der Waals surface area contributed by atoms with Crippen LogP contribution in [-0.2, 0) is 16.1 Å². The average Bonchev–Trinajstić information content (AvgIpc) is 2.88. The fraction of sp³-hybridized carbons (Fsp3) is 0.476. The Hall–Kier alpha value is -2.67. The lowest BCUT2D eigenvalue weighted by molar-refractivity contribution is -0.134. The number of aromatic nitrogens is 2. The summed E-state index contributed by atoms with van der Waals surface area (Å²) in [6.07, 6.45) is 3.72. The van der Waals surface area contributed by atoms with Gasteiger partial charge in [-0.2, -0.15) is 4.98 Å². The Labute approximate surface area is 165 Å². The largest absolute Gasteiger partial charge is 0.481 e. The molecule has 1 aromatic heterocycles. The Morgan fingerprint density at radius 1 is 1.14 bits per heavy atom. The van der Waals surface area contributed by atoms with Gasteiger partial charge >= 0.3 is 0 Å². The van der Waals surface area contributed by atoms with E-state index in [0.717, 1.165) is 31.5 Å². The zero-order valence-electron chi connectivity index (χ0n) is 16.2. The topological polar surface area (TPSA) is 67.8 Å². The van der Waals surface area contributed by atoms with Crippen LogP contribution in [0.5, 0.6) is 5.88 Å². The van der Waals surface area contributed by atoms with Crippen molar-refractivity contribution in [2.75, 3.05) is 38.3 Å². The molecule has 2 aliphatic rings. The van der Waals surface area contributed by atoms with E-state index < -0.39 is 0 Å². The summed E-state index contributed by atoms with van der Waals surface area (Å²) in [5.74, 6) is 1.40. The number of hydrogen-bond donors (Lipinski definition) is 0. The van der Waals surface area contributed by atoms with Gasteiger partial charge < -0.3 is 19.3 Å². The normalized spacial score (nSPS) is 19.5. The van der Waals surface area contributed by atoms with E-state index in [0.29, 0.717) is 37.9 Å². The van der Waals surface area contributed by atoms with E-state index in [-0.39, 0.29) is 11.5 Å². The maximum absolute atomic E-state index is 12.9. The molecular formula is C21H26N4O3. The minimum absolute atomic E-state index is 0.174. The minimum atomic E-state index is -0.377. The van der Waals surface area contributed by atoms with Gasteiger partial charge in [-0.3, -0.25) is 4.79 Å². The zero-order chi connectivity index (χ0) is 19.4. The Kier molecular flexibility index (Phi) is 5.43. The third-order valence-corrected chi connectivity index (χ3v) is 5.60. The highest BCUT2D eigenvalue weighted by atomic mass is 16.5. The molecule has 7 nitrogen and oxygen atoms in total. The number of carbonyl (C=O) groups is 1. The van der Waals surface area contributed by atoms with Crippen molar-refractivity contribution in [2.24, 2.45) is 0 Å². The van der Waals surface area contributed by atoms with Crippen molar-refractivity contribution < 1.29 is 14.3 Å². The number of nitrogens with zero attached hydrogens (tertiary/aromatic N) is 4. The van der Waals surface area contributed by atoms with Crippen LogP contribution in [0.15, 0.2) is 42.6 Å². The lowest BCUT2D eigenvalue weighted by Crippen LogP contribution is -2.47. The van der Waals surface area contributed by atoms with Gasteiger partial charge in [0.25, 0.3) is 0 Å². The summed E-state index contributed by atoms with van der Waals surface area (Å²) >= 11 is 0. The number of rotatable bonds is 4. The van der Waals surface area contributed by atoms with Crippen LogP contribution in [0.3, 0.4) is 0 Å². The van der Waals surface area contributed by atoms with Crippen molar-refractivity contribution in [3.05, 3.63) is 48.2 Å². The molecule has 3 heterocycles. The van der Waals surface area contributed by atoms with Crippen LogP contribution in [0.25, 0.3) is 0 Å². The number of anilines is 1. The predicted octanol–water partition coefficient (Wildman–Crippen LogP) is 2.27. The van der Waals surface area contributed by atoms with Gasteiger partial charge in [0.1, 0.15) is 0 Å².